The Morgan fingerprint density at radius 2 is 2.28 bits per heavy atom. The monoisotopic (exact) mass is 251 g/mol. The van der Waals surface area contributed by atoms with Gasteiger partial charge in [-0.25, -0.2) is 0 Å². The Morgan fingerprint density at radius 3 is 2.94 bits per heavy atom. The van der Waals surface area contributed by atoms with Gasteiger partial charge < -0.3 is 19.9 Å². The molecule has 0 amide bonds. The first-order valence-electron chi connectivity index (χ1n) is 6.48. The van der Waals surface area contributed by atoms with Crippen LogP contribution in [-0.4, -0.2) is 38.0 Å². The van der Waals surface area contributed by atoms with Crippen molar-refractivity contribution < 1.29 is 14.6 Å². The highest BCUT2D eigenvalue weighted by Crippen LogP contribution is 2.30. The third-order valence-corrected chi connectivity index (χ3v) is 3.17. The van der Waals surface area contributed by atoms with Crippen molar-refractivity contribution in [3.8, 4) is 11.5 Å². The fourth-order valence-electron chi connectivity index (χ4n) is 2.20. The largest absolute Gasteiger partial charge is 0.493 e. The summed E-state index contributed by atoms with van der Waals surface area (Å²) in [4.78, 5) is 0. The number of piperidine rings is 1. The molecule has 0 spiro atoms. The van der Waals surface area contributed by atoms with Gasteiger partial charge in [0.1, 0.15) is 6.10 Å². The Balaban J connectivity index is 2.09. The molecule has 4 heteroatoms. The minimum absolute atomic E-state index is 0.150. The molecule has 1 aliphatic rings. The van der Waals surface area contributed by atoms with Gasteiger partial charge in [0.2, 0.25) is 0 Å². The lowest BCUT2D eigenvalue weighted by atomic mass is 10.1. The molecule has 1 heterocycles. The van der Waals surface area contributed by atoms with Gasteiger partial charge in [0.15, 0.2) is 11.5 Å². The molecule has 100 valence electrons. The molecule has 2 N–H and O–H groups in total. The lowest BCUT2D eigenvalue weighted by Crippen LogP contribution is -2.37. The topological polar surface area (TPSA) is 50.7 Å². The van der Waals surface area contributed by atoms with Crippen LogP contribution in [0.2, 0.25) is 0 Å². The molecule has 1 fully saturated rings. The van der Waals surface area contributed by atoms with Crippen LogP contribution in [0.25, 0.3) is 0 Å². The first-order chi connectivity index (χ1) is 8.83. The van der Waals surface area contributed by atoms with Crippen LogP contribution >= 0.6 is 0 Å². The van der Waals surface area contributed by atoms with Gasteiger partial charge in [-0.2, -0.15) is 0 Å². The van der Waals surface area contributed by atoms with Gasteiger partial charge in [0, 0.05) is 13.2 Å². The highest BCUT2D eigenvalue weighted by atomic mass is 16.5. The molecule has 1 aromatic carbocycles. The number of rotatable bonds is 5. The van der Waals surface area contributed by atoms with Crippen molar-refractivity contribution in [2.24, 2.45) is 0 Å². The maximum atomic E-state index is 8.98. The Kier molecular flexibility index (Phi) is 4.84. The van der Waals surface area contributed by atoms with E-state index in [-0.39, 0.29) is 12.7 Å². The van der Waals surface area contributed by atoms with Crippen LogP contribution in [0.3, 0.4) is 0 Å². The number of aliphatic hydroxyl groups excluding tert-OH is 1. The van der Waals surface area contributed by atoms with Crippen LogP contribution in [0.15, 0.2) is 18.2 Å². The van der Waals surface area contributed by atoms with Crippen molar-refractivity contribution in [3.05, 3.63) is 23.8 Å². The molecule has 0 aliphatic carbocycles. The van der Waals surface area contributed by atoms with E-state index in [0.717, 1.165) is 43.0 Å². The van der Waals surface area contributed by atoms with E-state index in [1.807, 2.05) is 18.2 Å². The first-order valence-corrected chi connectivity index (χ1v) is 6.48. The number of ether oxygens (including phenoxy) is 2. The second kappa shape index (κ2) is 6.61. The third-order valence-electron chi connectivity index (χ3n) is 3.17. The Hall–Kier alpha value is -1.26. The maximum Gasteiger partial charge on any atom is 0.161 e. The molecule has 1 unspecified atom stereocenters. The van der Waals surface area contributed by atoms with Crippen molar-refractivity contribution in [1.29, 1.82) is 0 Å². The van der Waals surface area contributed by atoms with Crippen molar-refractivity contribution in [1.82, 2.24) is 5.32 Å². The average molecular weight is 251 g/mol. The van der Waals surface area contributed by atoms with E-state index in [1.54, 1.807) is 7.11 Å². The van der Waals surface area contributed by atoms with Crippen LogP contribution in [0, 0.1) is 0 Å². The summed E-state index contributed by atoms with van der Waals surface area (Å²) in [6.45, 7) is 2.10. The molecule has 0 saturated carbocycles. The summed E-state index contributed by atoms with van der Waals surface area (Å²) in [6, 6.07) is 5.82. The molecule has 1 aromatic rings. The summed E-state index contributed by atoms with van der Waals surface area (Å²) < 4.78 is 11.3. The molecule has 0 bridgehead atoms. The van der Waals surface area contributed by atoms with Crippen LogP contribution in [0.5, 0.6) is 11.5 Å². The zero-order valence-corrected chi connectivity index (χ0v) is 10.8. The fraction of sp³-hybridized carbons (Fsp3) is 0.571. The predicted octanol–water partition coefficient (Wildman–Crippen LogP) is 1.36. The molecule has 4 nitrogen and oxygen atoms in total. The predicted molar refractivity (Wildman–Crippen MR) is 70.3 cm³/mol. The summed E-state index contributed by atoms with van der Waals surface area (Å²) in [6.07, 6.45) is 3.06. The lowest BCUT2D eigenvalue weighted by molar-refractivity contribution is 0.161. The number of methoxy groups -OCH3 is 1. The third kappa shape index (κ3) is 3.37. The SMILES string of the molecule is COc1ccc(CCO)cc1OC1CCCNC1. The average Bonchev–Trinajstić information content (AvgIpc) is 2.41. The standard InChI is InChI=1S/C14H21NO3/c1-17-13-5-4-11(6-8-16)9-14(13)18-12-3-2-7-15-10-12/h4-5,9,12,15-16H,2-3,6-8,10H2,1H3. The van der Waals surface area contributed by atoms with Gasteiger partial charge in [-0.05, 0) is 43.5 Å². The zero-order chi connectivity index (χ0) is 12.8. The minimum atomic E-state index is 0.150. The highest BCUT2D eigenvalue weighted by Gasteiger charge is 2.16. The molecule has 2 rings (SSSR count). The first kappa shape index (κ1) is 13.2. The second-order valence-corrected chi connectivity index (χ2v) is 4.55. The second-order valence-electron chi connectivity index (χ2n) is 4.55. The number of hydrogen-bond donors (Lipinski definition) is 2. The minimum Gasteiger partial charge on any atom is -0.493 e. The lowest BCUT2D eigenvalue weighted by Gasteiger charge is -2.25. The van der Waals surface area contributed by atoms with E-state index >= 15 is 0 Å². The Morgan fingerprint density at radius 1 is 1.39 bits per heavy atom. The van der Waals surface area contributed by atoms with Gasteiger partial charge in [-0.1, -0.05) is 6.07 Å². The van der Waals surface area contributed by atoms with Crippen LogP contribution in [0.1, 0.15) is 18.4 Å². The van der Waals surface area contributed by atoms with Gasteiger partial charge in [0.25, 0.3) is 0 Å². The van der Waals surface area contributed by atoms with Gasteiger partial charge in [0.05, 0.1) is 7.11 Å². The van der Waals surface area contributed by atoms with E-state index < -0.39 is 0 Å². The summed E-state index contributed by atoms with van der Waals surface area (Å²) in [7, 11) is 1.65. The van der Waals surface area contributed by atoms with E-state index in [4.69, 9.17) is 14.6 Å². The van der Waals surface area contributed by atoms with Gasteiger partial charge in [-0.3, -0.25) is 0 Å². The van der Waals surface area contributed by atoms with E-state index in [1.165, 1.54) is 0 Å². The van der Waals surface area contributed by atoms with Crippen LogP contribution in [-0.2, 0) is 6.42 Å². The summed E-state index contributed by atoms with van der Waals surface area (Å²) in [5, 5.41) is 12.3. The van der Waals surface area contributed by atoms with Crippen LogP contribution < -0.4 is 14.8 Å². The fourth-order valence-corrected chi connectivity index (χ4v) is 2.20. The van der Waals surface area contributed by atoms with Crippen molar-refractivity contribution >= 4 is 0 Å². The van der Waals surface area contributed by atoms with E-state index in [2.05, 4.69) is 5.32 Å². The molecule has 18 heavy (non-hydrogen) atoms. The summed E-state index contributed by atoms with van der Waals surface area (Å²) in [5.74, 6) is 1.53. The summed E-state index contributed by atoms with van der Waals surface area (Å²) in [5.41, 5.74) is 1.07. The quantitative estimate of drug-likeness (QED) is 0.829. The molecule has 1 saturated heterocycles. The molecule has 0 radical (unpaired) electrons. The number of nitrogens with one attached hydrogen (secondary N) is 1. The molecule has 1 atom stereocenters. The van der Waals surface area contributed by atoms with Crippen LogP contribution in [0.4, 0.5) is 0 Å². The van der Waals surface area contributed by atoms with Crippen molar-refractivity contribution in [2.45, 2.75) is 25.4 Å². The summed E-state index contributed by atoms with van der Waals surface area (Å²) >= 11 is 0. The smallest absolute Gasteiger partial charge is 0.161 e. The highest BCUT2D eigenvalue weighted by molar-refractivity contribution is 5.43. The number of benzene rings is 1. The van der Waals surface area contributed by atoms with Crippen molar-refractivity contribution in [2.75, 3.05) is 26.8 Å². The normalized spacial score (nSPS) is 19.6. The zero-order valence-electron chi connectivity index (χ0n) is 10.8. The van der Waals surface area contributed by atoms with Gasteiger partial charge in [-0.15, -0.1) is 0 Å². The molecular formula is C14H21NO3. The number of hydrogen-bond acceptors (Lipinski definition) is 4. The van der Waals surface area contributed by atoms with E-state index in [0.29, 0.717) is 6.42 Å². The number of aliphatic hydroxyl groups is 1. The van der Waals surface area contributed by atoms with Gasteiger partial charge >= 0.3 is 0 Å². The van der Waals surface area contributed by atoms with Crippen molar-refractivity contribution in [3.63, 3.8) is 0 Å². The van der Waals surface area contributed by atoms with E-state index in [9.17, 15) is 0 Å². The molecular weight excluding hydrogens is 230 g/mol. The maximum absolute atomic E-state index is 8.98. The molecule has 0 aromatic heterocycles. The Bertz CT molecular complexity index is 375. The Labute approximate surface area is 108 Å². The molecule has 1 aliphatic heterocycles.